The maximum Gasteiger partial charge on any atom is 0.325 e. The average molecular weight is 488 g/mol. The number of rotatable bonds is 8. The number of imide groups is 1. The van der Waals surface area contributed by atoms with Gasteiger partial charge in [-0.25, -0.2) is 4.79 Å². The van der Waals surface area contributed by atoms with Gasteiger partial charge in [0.15, 0.2) is 11.5 Å². The molecule has 4 amide bonds. The summed E-state index contributed by atoms with van der Waals surface area (Å²) in [6.07, 6.45) is 0. The summed E-state index contributed by atoms with van der Waals surface area (Å²) in [5.74, 6) is 0.0473. The molecule has 4 rings (SSSR count). The minimum Gasteiger partial charge on any atom is -0.493 e. The van der Waals surface area contributed by atoms with Crippen molar-refractivity contribution in [3.05, 3.63) is 89.5 Å². The Kier molecular flexibility index (Phi) is 6.96. The zero-order valence-corrected chi connectivity index (χ0v) is 20.8. The molecular weight excluding hydrogens is 458 g/mol. The van der Waals surface area contributed by atoms with Crippen LogP contribution in [-0.4, -0.2) is 43.5 Å². The van der Waals surface area contributed by atoms with Crippen molar-refractivity contribution in [3.8, 4) is 11.5 Å². The fraction of sp³-hybridized carbons (Fsp3) is 0.250. The molecule has 0 radical (unpaired) electrons. The normalized spacial score (nSPS) is 17.1. The van der Waals surface area contributed by atoms with Crippen LogP contribution >= 0.6 is 0 Å². The highest BCUT2D eigenvalue weighted by atomic mass is 16.5. The second-order valence-corrected chi connectivity index (χ2v) is 8.82. The molecule has 1 N–H and O–H groups in total. The summed E-state index contributed by atoms with van der Waals surface area (Å²) >= 11 is 0. The molecular formula is C28H29N3O5. The molecule has 1 atom stereocenters. The molecule has 0 aliphatic carbocycles. The Labute approximate surface area is 210 Å². The first-order valence-electron chi connectivity index (χ1n) is 11.5. The third-order valence-electron chi connectivity index (χ3n) is 6.33. The smallest absolute Gasteiger partial charge is 0.325 e. The van der Waals surface area contributed by atoms with Crippen molar-refractivity contribution in [2.75, 3.05) is 25.7 Å². The molecule has 3 aromatic rings. The first kappa shape index (κ1) is 24.8. The van der Waals surface area contributed by atoms with Crippen LogP contribution in [0.1, 0.15) is 23.6 Å². The Morgan fingerprint density at radius 2 is 1.67 bits per heavy atom. The van der Waals surface area contributed by atoms with Gasteiger partial charge in [0.05, 0.1) is 20.8 Å². The van der Waals surface area contributed by atoms with E-state index in [1.165, 1.54) is 14.2 Å². The summed E-state index contributed by atoms with van der Waals surface area (Å²) in [5.41, 5.74) is 1.78. The summed E-state index contributed by atoms with van der Waals surface area (Å²) in [6, 6.07) is 21.5. The van der Waals surface area contributed by atoms with E-state index in [2.05, 4.69) is 5.32 Å². The van der Waals surface area contributed by atoms with Gasteiger partial charge in [-0.15, -0.1) is 0 Å². The van der Waals surface area contributed by atoms with Gasteiger partial charge in [0, 0.05) is 5.69 Å². The second kappa shape index (κ2) is 10.1. The predicted molar refractivity (Wildman–Crippen MR) is 136 cm³/mol. The molecule has 1 aliphatic rings. The lowest BCUT2D eigenvalue weighted by Gasteiger charge is -2.26. The van der Waals surface area contributed by atoms with Gasteiger partial charge in [-0.1, -0.05) is 48.5 Å². The number of anilines is 1. The Morgan fingerprint density at radius 1 is 0.944 bits per heavy atom. The zero-order chi connectivity index (χ0) is 25.9. The van der Waals surface area contributed by atoms with Gasteiger partial charge < -0.3 is 19.7 Å². The minimum atomic E-state index is -1.36. The highest BCUT2D eigenvalue weighted by Crippen LogP contribution is 2.35. The molecule has 1 heterocycles. The third kappa shape index (κ3) is 4.75. The predicted octanol–water partition coefficient (Wildman–Crippen LogP) is 4.01. The maximum absolute atomic E-state index is 13.6. The van der Waals surface area contributed by atoms with E-state index in [4.69, 9.17) is 9.47 Å². The van der Waals surface area contributed by atoms with Crippen molar-refractivity contribution in [1.29, 1.82) is 0 Å². The van der Waals surface area contributed by atoms with Gasteiger partial charge in [-0.2, -0.15) is 0 Å². The lowest BCUT2D eigenvalue weighted by Crippen LogP contribution is -2.44. The Morgan fingerprint density at radius 3 is 2.33 bits per heavy atom. The van der Waals surface area contributed by atoms with Crippen molar-refractivity contribution >= 4 is 23.5 Å². The molecule has 186 valence electrons. The van der Waals surface area contributed by atoms with Crippen molar-refractivity contribution in [1.82, 2.24) is 10.2 Å². The van der Waals surface area contributed by atoms with E-state index < -0.39 is 24.0 Å². The summed E-state index contributed by atoms with van der Waals surface area (Å²) in [7, 11) is 3.01. The van der Waals surface area contributed by atoms with Crippen LogP contribution in [0.15, 0.2) is 72.8 Å². The quantitative estimate of drug-likeness (QED) is 0.485. The van der Waals surface area contributed by atoms with Gasteiger partial charge >= 0.3 is 6.03 Å². The van der Waals surface area contributed by atoms with Gasteiger partial charge in [0.2, 0.25) is 5.91 Å². The number of aryl methyl sites for hydroxylation is 1. The van der Waals surface area contributed by atoms with Crippen LogP contribution in [0.25, 0.3) is 0 Å². The molecule has 1 fully saturated rings. The van der Waals surface area contributed by atoms with Crippen LogP contribution in [0.5, 0.6) is 11.5 Å². The Bertz CT molecular complexity index is 1290. The third-order valence-corrected chi connectivity index (χ3v) is 6.33. The lowest BCUT2D eigenvalue weighted by molar-refractivity contribution is -0.134. The molecule has 0 spiro atoms. The van der Waals surface area contributed by atoms with Gasteiger partial charge in [0.1, 0.15) is 12.1 Å². The van der Waals surface area contributed by atoms with Gasteiger partial charge in [-0.05, 0) is 54.8 Å². The summed E-state index contributed by atoms with van der Waals surface area (Å²) < 4.78 is 10.6. The first-order valence-corrected chi connectivity index (χ1v) is 11.5. The van der Waals surface area contributed by atoms with Crippen LogP contribution in [0.3, 0.4) is 0 Å². The molecule has 8 nitrogen and oxygen atoms in total. The lowest BCUT2D eigenvalue weighted by atomic mass is 9.91. The number of carbonyl (C=O) groups is 3. The number of hydrogen-bond donors (Lipinski definition) is 1. The molecule has 1 aliphatic heterocycles. The molecule has 36 heavy (non-hydrogen) atoms. The number of benzene rings is 3. The highest BCUT2D eigenvalue weighted by Gasteiger charge is 2.50. The van der Waals surface area contributed by atoms with Gasteiger partial charge in [-0.3, -0.25) is 14.5 Å². The maximum atomic E-state index is 13.6. The van der Waals surface area contributed by atoms with Crippen molar-refractivity contribution in [3.63, 3.8) is 0 Å². The standard InChI is InChI=1S/C28H29N3O5/c1-19-9-8-12-22(15-19)30(17-20-10-6-5-7-11-20)25(32)18-31-26(33)28(2,29-27(31)34)21-13-14-23(35-3)24(16-21)36-4/h5-16H,17-18H2,1-4H3,(H,29,34)/t28-/m0/s1. The number of nitrogens with zero attached hydrogens (tertiary/aromatic N) is 2. The molecule has 3 aromatic carbocycles. The van der Waals surface area contributed by atoms with Gasteiger partial charge in [0.25, 0.3) is 5.91 Å². The average Bonchev–Trinajstić information content (AvgIpc) is 3.11. The molecule has 8 heteroatoms. The summed E-state index contributed by atoms with van der Waals surface area (Å²) in [6.45, 7) is 3.47. The molecule has 0 bridgehead atoms. The van der Waals surface area contributed by atoms with Crippen LogP contribution in [-0.2, 0) is 21.7 Å². The monoisotopic (exact) mass is 487 g/mol. The molecule has 1 saturated heterocycles. The summed E-state index contributed by atoms with van der Waals surface area (Å²) in [4.78, 5) is 42.5. The Hall–Kier alpha value is -4.33. The number of methoxy groups -OCH3 is 2. The minimum absolute atomic E-state index is 0.305. The van der Waals surface area contributed by atoms with E-state index in [-0.39, 0.29) is 5.91 Å². The van der Waals surface area contributed by atoms with E-state index in [0.29, 0.717) is 29.3 Å². The van der Waals surface area contributed by atoms with Crippen molar-refractivity contribution in [2.24, 2.45) is 0 Å². The SMILES string of the molecule is COc1ccc([C@]2(C)NC(=O)N(CC(=O)N(Cc3ccccc3)c3cccc(C)c3)C2=O)cc1OC. The fourth-order valence-electron chi connectivity index (χ4n) is 4.29. The fourth-order valence-corrected chi connectivity index (χ4v) is 4.29. The van der Waals surface area contributed by atoms with E-state index in [0.717, 1.165) is 16.0 Å². The molecule has 0 saturated carbocycles. The first-order chi connectivity index (χ1) is 17.3. The van der Waals surface area contributed by atoms with Crippen molar-refractivity contribution < 1.29 is 23.9 Å². The molecule has 0 aromatic heterocycles. The number of ether oxygens (including phenoxy) is 2. The number of hydrogen-bond acceptors (Lipinski definition) is 5. The largest absolute Gasteiger partial charge is 0.493 e. The number of nitrogens with one attached hydrogen (secondary N) is 1. The van der Waals surface area contributed by atoms with E-state index >= 15 is 0 Å². The second-order valence-electron chi connectivity index (χ2n) is 8.82. The van der Waals surface area contributed by atoms with Crippen LogP contribution in [0, 0.1) is 6.92 Å². The number of amides is 4. The summed E-state index contributed by atoms with van der Waals surface area (Å²) in [5, 5.41) is 2.75. The molecule has 0 unspecified atom stereocenters. The van der Waals surface area contributed by atoms with Crippen LogP contribution < -0.4 is 19.7 Å². The van der Waals surface area contributed by atoms with Crippen LogP contribution in [0.4, 0.5) is 10.5 Å². The number of carbonyl (C=O) groups excluding carboxylic acids is 3. The van der Waals surface area contributed by atoms with E-state index in [1.807, 2.05) is 61.5 Å². The van der Waals surface area contributed by atoms with E-state index in [9.17, 15) is 14.4 Å². The zero-order valence-electron chi connectivity index (χ0n) is 20.8. The van der Waals surface area contributed by atoms with Crippen molar-refractivity contribution in [2.45, 2.75) is 25.9 Å². The van der Waals surface area contributed by atoms with E-state index in [1.54, 1.807) is 30.0 Å². The number of urea groups is 1. The Balaban J connectivity index is 1.61. The highest BCUT2D eigenvalue weighted by molar-refractivity contribution is 6.10. The van der Waals surface area contributed by atoms with Crippen LogP contribution in [0.2, 0.25) is 0 Å². The topological polar surface area (TPSA) is 88.2 Å².